The number of nitrogens with one attached hydrogen (secondary N) is 1. The van der Waals surface area contributed by atoms with Crippen LogP contribution in [0.3, 0.4) is 0 Å². The number of aromatic nitrogens is 1. The Balaban J connectivity index is 0.00000156. The molecule has 122 valence electrons. The fourth-order valence-corrected chi connectivity index (χ4v) is 3.75. The third-order valence-corrected chi connectivity index (χ3v) is 5.17. The Morgan fingerprint density at radius 1 is 1.30 bits per heavy atom. The average molecular weight is 440 g/mol. The summed E-state index contributed by atoms with van der Waals surface area (Å²) in [7, 11) is 0. The van der Waals surface area contributed by atoms with Crippen LogP contribution in [-0.2, 0) is 19.4 Å². The molecule has 2 aliphatic rings. The fourth-order valence-electron chi connectivity index (χ4n) is 2.95. The number of halogens is 1. The van der Waals surface area contributed by atoms with E-state index in [1.54, 1.807) is 11.3 Å². The van der Waals surface area contributed by atoms with Gasteiger partial charge >= 0.3 is 0 Å². The van der Waals surface area contributed by atoms with E-state index in [4.69, 9.17) is 5.73 Å². The monoisotopic (exact) mass is 440 g/mol. The van der Waals surface area contributed by atoms with Crippen LogP contribution in [0.25, 0.3) is 0 Å². The molecule has 4 nitrogen and oxygen atoms in total. The first kappa shape index (κ1) is 16.7. The molecule has 1 heterocycles. The molecule has 0 amide bonds. The van der Waals surface area contributed by atoms with Crippen LogP contribution < -0.4 is 11.1 Å². The highest BCUT2D eigenvalue weighted by molar-refractivity contribution is 14.0. The molecule has 2 aliphatic carbocycles. The molecule has 0 bridgehead atoms. The number of hydrogen-bond donors (Lipinski definition) is 2. The second-order valence-electron chi connectivity index (χ2n) is 6.10. The number of nitrogens with two attached hydrogens (primary N) is 1. The molecule has 1 saturated carbocycles. The lowest BCUT2D eigenvalue weighted by Gasteiger charge is -2.07. The van der Waals surface area contributed by atoms with E-state index in [0.717, 1.165) is 10.7 Å². The van der Waals surface area contributed by atoms with Gasteiger partial charge in [0.05, 0.1) is 12.2 Å². The maximum Gasteiger partial charge on any atom is 0.193 e. The van der Waals surface area contributed by atoms with Gasteiger partial charge in [0.15, 0.2) is 5.96 Å². The van der Waals surface area contributed by atoms with Crippen molar-refractivity contribution in [2.45, 2.75) is 44.6 Å². The summed E-state index contributed by atoms with van der Waals surface area (Å²) in [6.07, 6.45) is 6.20. The number of fused-ring (bicyclic) bond motifs is 1. The second kappa shape index (κ2) is 7.17. The van der Waals surface area contributed by atoms with Crippen LogP contribution >= 0.6 is 35.3 Å². The number of guanidine groups is 1. The van der Waals surface area contributed by atoms with Gasteiger partial charge in [0, 0.05) is 17.0 Å². The quantitative estimate of drug-likeness (QED) is 0.428. The molecule has 6 heteroatoms. The van der Waals surface area contributed by atoms with Crippen molar-refractivity contribution >= 4 is 47.0 Å². The van der Waals surface area contributed by atoms with Crippen molar-refractivity contribution in [1.29, 1.82) is 0 Å². The lowest BCUT2D eigenvalue weighted by Crippen LogP contribution is -2.22. The minimum absolute atomic E-state index is 0. The van der Waals surface area contributed by atoms with Crippen molar-refractivity contribution in [2.75, 3.05) is 5.32 Å². The van der Waals surface area contributed by atoms with Crippen LogP contribution in [0.2, 0.25) is 0 Å². The first-order valence-corrected chi connectivity index (χ1v) is 8.79. The van der Waals surface area contributed by atoms with Gasteiger partial charge in [0.1, 0.15) is 5.01 Å². The lowest BCUT2D eigenvalue weighted by molar-refractivity contribution is 0.912. The predicted molar refractivity (Wildman–Crippen MR) is 107 cm³/mol. The molecular weight excluding hydrogens is 419 g/mol. The van der Waals surface area contributed by atoms with E-state index in [-0.39, 0.29) is 24.0 Å². The summed E-state index contributed by atoms with van der Waals surface area (Å²) >= 11 is 1.68. The molecule has 0 saturated heterocycles. The minimum Gasteiger partial charge on any atom is -0.370 e. The third-order valence-electron chi connectivity index (χ3n) is 4.32. The lowest BCUT2D eigenvalue weighted by atomic mass is 10.1. The van der Waals surface area contributed by atoms with Gasteiger partial charge < -0.3 is 11.1 Å². The van der Waals surface area contributed by atoms with Crippen molar-refractivity contribution in [1.82, 2.24) is 4.98 Å². The number of anilines is 1. The maximum absolute atomic E-state index is 5.99. The van der Waals surface area contributed by atoms with Crippen LogP contribution in [0.5, 0.6) is 0 Å². The summed E-state index contributed by atoms with van der Waals surface area (Å²) in [5.41, 5.74) is 11.2. The zero-order chi connectivity index (χ0) is 14.9. The highest BCUT2D eigenvalue weighted by Crippen LogP contribution is 2.40. The van der Waals surface area contributed by atoms with Gasteiger partial charge in [0.2, 0.25) is 0 Å². The van der Waals surface area contributed by atoms with Gasteiger partial charge in [-0.25, -0.2) is 9.98 Å². The van der Waals surface area contributed by atoms with E-state index in [9.17, 15) is 0 Å². The predicted octanol–water partition coefficient (Wildman–Crippen LogP) is 4.05. The largest absolute Gasteiger partial charge is 0.370 e. The number of hydrogen-bond acceptors (Lipinski definition) is 3. The van der Waals surface area contributed by atoms with Crippen LogP contribution in [0.15, 0.2) is 28.6 Å². The first-order valence-electron chi connectivity index (χ1n) is 7.91. The average Bonchev–Trinajstić information content (AvgIpc) is 3.08. The van der Waals surface area contributed by atoms with Crippen molar-refractivity contribution in [3.05, 3.63) is 45.4 Å². The molecule has 3 N–H and O–H groups in total. The summed E-state index contributed by atoms with van der Waals surface area (Å²) in [6.45, 7) is 0.557. The van der Waals surface area contributed by atoms with Crippen molar-refractivity contribution in [3.63, 3.8) is 0 Å². The third kappa shape index (κ3) is 4.03. The normalized spacial score (nSPS) is 16.8. The van der Waals surface area contributed by atoms with E-state index in [2.05, 4.69) is 38.9 Å². The number of nitrogens with zero attached hydrogens (tertiary/aromatic N) is 2. The zero-order valence-electron chi connectivity index (χ0n) is 12.9. The molecule has 2 aromatic rings. The number of benzene rings is 1. The van der Waals surface area contributed by atoms with Gasteiger partial charge in [0.25, 0.3) is 0 Å². The maximum atomic E-state index is 5.99. The van der Waals surface area contributed by atoms with E-state index in [1.807, 2.05) is 0 Å². The Hall–Kier alpha value is -1.15. The van der Waals surface area contributed by atoms with Gasteiger partial charge in [-0.1, -0.05) is 6.07 Å². The van der Waals surface area contributed by atoms with Gasteiger partial charge in [-0.3, -0.25) is 0 Å². The van der Waals surface area contributed by atoms with Crippen molar-refractivity contribution < 1.29 is 0 Å². The number of thiazole rings is 1. The molecule has 0 aliphatic heterocycles. The molecule has 0 atom stereocenters. The smallest absolute Gasteiger partial charge is 0.193 e. The molecular formula is C17H21IN4S. The molecule has 23 heavy (non-hydrogen) atoms. The second-order valence-corrected chi connectivity index (χ2v) is 7.05. The Bertz CT molecular complexity index is 721. The zero-order valence-corrected chi connectivity index (χ0v) is 16.1. The molecule has 0 spiro atoms. The number of aliphatic imine (C=N–C) groups is 1. The molecule has 4 rings (SSSR count). The molecule has 1 aromatic carbocycles. The number of rotatable bonds is 4. The summed E-state index contributed by atoms with van der Waals surface area (Å²) in [5, 5.41) is 6.39. The van der Waals surface area contributed by atoms with Crippen LogP contribution in [0.4, 0.5) is 5.69 Å². The summed E-state index contributed by atoms with van der Waals surface area (Å²) in [6, 6.07) is 6.47. The van der Waals surface area contributed by atoms with E-state index in [0.29, 0.717) is 18.4 Å². The van der Waals surface area contributed by atoms with E-state index < -0.39 is 0 Å². The minimum atomic E-state index is 0. The van der Waals surface area contributed by atoms with Gasteiger partial charge in [-0.15, -0.1) is 35.3 Å². The molecule has 0 radical (unpaired) electrons. The van der Waals surface area contributed by atoms with Gasteiger partial charge in [-0.05, 0) is 55.4 Å². The standard InChI is InChI=1S/C17H20N4S.HI/c18-17(19-9-16-21-15(10-22-16)12-4-5-12)20-14-7-6-11-2-1-3-13(11)8-14;/h6-8,10,12H,1-5,9H2,(H3,18,19,20);1H. The Morgan fingerprint density at radius 2 is 2.13 bits per heavy atom. The molecule has 1 aromatic heterocycles. The highest BCUT2D eigenvalue weighted by atomic mass is 127. The summed E-state index contributed by atoms with van der Waals surface area (Å²) < 4.78 is 0. The summed E-state index contributed by atoms with van der Waals surface area (Å²) in [5.74, 6) is 1.16. The first-order chi connectivity index (χ1) is 10.8. The SMILES string of the molecule is I.NC(=NCc1nc(C2CC2)cs1)Nc1ccc2c(c1)CCC2. The van der Waals surface area contributed by atoms with Crippen LogP contribution in [0, 0.1) is 0 Å². The van der Waals surface area contributed by atoms with Gasteiger partial charge in [-0.2, -0.15) is 0 Å². The Kier molecular flexibility index (Phi) is 5.21. The van der Waals surface area contributed by atoms with Crippen molar-refractivity contribution in [3.8, 4) is 0 Å². The van der Waals surface area contributed by atoms with E-state index in [1.165, 1.54) is 48.9 Å². The molecule has 0 unspecified atom stereocenters. The molecule has 1 fully saturated rings. The highest BCUT2D eigenvalue weighted by Gasteiger charge is 2.25. The van der Waals surface area contributed by atoms with E-state index >= 15 is 0 Å². The van der Waals surface area contributed by atoms with Crippen molar-refractivity contribution in [2.24, 2.45) is 10.7 Å². The number of aryl methyl sites for hydroxylation is 2. The Morgan fingerprint density at radius 3 is 2.96 bits per heavy atom. The van der Waals surface area contributed by atoms with Crippen LogP contribution in [0.1, 0.15) is 47.0 Å². The topological polar surface area (TPSA) is 63.3 Å². The fraction of sp³-hybridized carbons (Fsp3) is 0.412. The van der Waals surface area contributed by atoms with Crippen LogP contribution in [-0.4, -0.2) is 10.9 Å². The summed E-state index contributed by atoms with van der Waals surface area (Å²) in [4.78, 5) is 9.03. The Labute approximate surface area is 157 Å².